The number of aryl methyl sites for hydroxylation is 2. The molecule has 0 amide bonds. The van der Waals surface area contributed by atoms with Crippen molar-refractivity contribution < 1.29 is 0 Å². The maximum absolute atomic E-state index is 2.67. The summed E-state index contributed by atoms with van der Waals surface area (Å²) in [6.45, 7) is 9.48. The summed E-state index contributed by atoms with van der Waals surface area (Å²) in [6.07, 6.45) is 10.0. The van der Waals surface area contributed by atoms with Gasteiger partial charge >= 0.3 is 0 Å². The smallest absolute Gasteiger partial charge is 0.0712 e. The molecule has 0 heterocycles. The Kier molecular flexibility index (Phi) is 6.58. The first-order valence-corrected chi connectivity index (χ1v) is 17.0. The van der Waals surface area contributed by atoms with E-state index in [1.165, 1.54) is 74.5 Å². The molecule has 1 heteroatoms. The molecule has 6 rings (SSSR count). The van der Waals surface area contributed by atoms with Gasteiger partial charge in [-0.05, 0) is 82.3 Å². The standard InChI is InChI=1S/C37H38Si/c1-5-6-21-38(4,30-22-28-15-11-19-34(36(28)24-30)32-17-9-7-13-26(32)2)31-23-29-16-12-20-35(37(29)25-31)33-18-10-8-14-27(33)3/h7-20,24-25H,5-6,21-23H2,1-4H3. The number of allylic oxidation sites excluding steroid dienone is 2. The van der Waals surface area contributed by atoms with Crippen LogP contribution in [0.25, 0.3) is 34.4 Å². The van der Waals surface area contributed by atoms with E-state index in [-0.39, 0.29) is 0 Å². The summed E-state index contributed by atoms with van der Waals surface area (Å²) >= 11 is 0. The van der Waals surface area contributed by atoms with E-state index in [1.54, 1.807) is 10.4 Å². The first kappa shape index (κ1) is 24.9. The number of unbranched alkanes of at least 4 members (excludes halogenated alkanes) is 1. The van der Waals surface area contributed by atoms with Gasteiger partial charge in [0.15, 0.2) is 0 Å². The fourth-order valence-corrected chi connectivity index (χ4v) is 10.9. The predicted octanol–water partition coefficient (Wildman–Crippen LogP) is 10.2. The Morgan fingerprint density at radius 3 is 1.47 bits per heavy atom. The van der Waals surface area contributed by atoms with Gasteiger partial charge in [-0.1, -0.05) is 140 Å². The summed E-state index contributed by atoms with van der Waals surface area (Å²) in [4.78, 5) is 0. The van der Waals surface area contributed by atoms with E-state index < -0.39 is 8.07 Å². The highest BCUT2D eigenvalue weighted by Gasteiger charge is 2.39. The largest absolute Gasteiger partial charge is 0.106 e. The zero-order valence-electron chi connectivity index (χ0n) is 23.3. The van der Waals surface area contributed by atoms with Gasteiger partial charge in [-0.15, -0.1) is 0 Å². The normalized spacial score (nSPS) is 14.2. The lowest BCUT2D eigenvalue weighted by Gasteiger charge is -2.31. The average Bonchev–Trinajstić information content (AvgIpc) is 3.58. The molecule has 38 heavy (non-hydrogen) atoms. The third-order valence-electron chi connectivity index (χ3n) is 9.11. The molecule has 4 aromatic carbocycles. The lowest BCUT2D eigenvalue weighted by Crippen LogP contribution is -2.36. The fraction of sp³-hybridized carbons (Fsp3) is 0.243. The molecule has 0 saturated carbocycles. The van der Waals surface area contributed by atoms with Crippen molar-refractivity contribution in [1.29, 1.82) is 0 Å². The van der Waals surface area contributed by atoms with Crippen molar-refractivity contribution in [3.63, 3.8) is 0 Å². The second kappa shape index (κ2) is 10.0. The van der Waals surface area contributed by atoms with E-state index >= 15 is 0 Å². The van der Waals surface area contributed by atoms with Crippen LogP contribution < -0.4 is 0 Å². The van der Waals surface area contributed by atoms with Crippen molar-refractivity contribution in [2.24, 2.45) is 0 Å². The Bertz CT molecular complexity index is 1470. The van der Waals surface area contributed by atoms with Crippen molar-refractivity contribution in [1.82, 2.24) is 0 Å². The number of hydrogen-bond acceptors (Lipinski definition) is 0. The van der Waals surface area contributed by atoms with Crippen molar-refractivity contribution in [2.75, 3.05) is 0 Å². The Morgan fingerprint density at radius 2 is 1.03 bits per heavy atom. The van der Waals surface area contributed by atoms with Crippen molar-refractivity contribution in [3.05, 3.63) is 129 Å². The van der Waals surface area contributed by atoms with Gasteiger partial charge in [-0.25, -0.2) is 0 Å². The van der Waals surface area contributed by atoms with Gasteiger partial charge in [0.1, 0.15) is 8.07 Å². The van der Waals surface area contributed by atoms with E-state index in [2.05, 4.69) is 124 Å². The van der Waals surface area contributed by atoms with Gasteiger partial charge < -0.3 is 0 Å². The van der Waals surface area contributed by atoms with Crippen LogP contribution >= 0.6 is 0 Å². The van der Waals surface area contributed by atoms with Gasteiger partial charge in [0.2, 0.25) is 0 Å². The van der Waals surface area contributed by atoms with Crippen LogP contribution in [0, 0.1) is 13.8 Å². The first-order valence-electron chi connectivity index (χ1n) is 14.3. The highest BCUT2D eigenvalue weighted by molar-refractivity contribution is 6.93. The van der Waals surface area contributed by atoms with Gasteiger partial charge in [0.05, 0.1) is 0 Å². The number of fused-ring (bicyclic) bond motifs is 2. The SMILES string of the molecule is CCCC[Si](C)(C1=Cc2c(cccc2-c2ccccc2C)C1)C1=Cc2c(cccc2-c2ccccc2C)C1. The highest BCUT2D eigenvalue weighted by atomic mass is 28.3. The second-order valence-electron chi connectivity index (χ2n) is 11.5. The van der Waals surface area contributed by atoms with Crippen LogP contribution in [0.2, 0.25) is 12.6 Å². The van der Waals surface area contributed by atoms with Crippen LogP contribution in [0.15, 0.2) is 95.3 Å². The van der Waals surface area contributed by atoms with Gasteiger partial charge in [-0.3, -0.25) is 0 Å². The van der Waals surface area contributed by atoms with E-state index in [9.17, 15) is 0 Å². The molecular weight excluding hydrogens is 472 g/mol. The molecule has 0 aliphatic heterocycles. The first-order chi connectivity index (χ1) is 18.5. The minimum atomic E-state index is -1.85. The molecule has 0 atom stereocenters. The van der Waals surface area contributed by atoms with Gasteiger partial charge in [-0.2, -0.15) is 0 Å². The van der Waals surface area contributed by atoms with Crippen LogP contribution in [0.3, 0.4) is 0 Å². The Hall–Kier alpha value is -3.42. The van der Waals surface area contributed by atoms with Gasteiger partial charge in [0.25, 0.3) is 0 Å². The molecule has 0 bridgehead atoms. The zero-order valence-corrected chi connectivity index (χ0v) is 24.3. The lowest BCUT2D eigenvalue weighted by atomic mass is 9.94. The summed E-state index contributed by atoms with van der Waals surface area (Å²) in [7, 11) is -1.85. The topological polar surface area (TPSA) is 0 Å². The molecule has 0 nitrogen and oxygen atoms in total. The van der Waals surface area contributed by atoms with Crippen molar-refractivity contribution in [2.45, 2.75) is 59.0 Å². The summed E-state index contributed by atoms with van der Waals surface area (Å²) < 4.78 is 0. The van der Waals surface area contributed by atoms with Crippen LogP contribution in [0.5, 0.6) is 0 Å². The van der Waals surface area contributed by atoms with E-state index in [0.717, 1.165) is 12.8 Å². The molecule has 190 valence electrons. The molecular formula is C37H38Si. The third kappa shape index (κ3) is 4.24. The number of benzene rings is 4. The van der Waals surface area contributed by atoms with Crippen LogP contribution in [0.1, 0.15) is 53.1 Å². The van der Waals surface area contributed by atoms with E-state index in [4.69, 9.17) is 0 Å². The van der Waals surface area contributed by atoms with Crippen LogP contribution in [-0.4, -0.2) is 8.07 Å². The Balaban J connectivity index is 1.44. The third-order valence-corrected chi connectivity index (χ3v) is 13.9. The predicted molar refractivity (Wildman–Crippen MR) is 168 cm³/mol. The molecule has 0 spiro atoms. The molecule has 0 radical (unpaired) electrons. The van der Waals surface area contributed by atoms with Crippen molar-refractivity contribution >= 4 is 20.2 Å². The molecule has 0 saturated heterocycles. The maximum atomic E-state index is 2.67. The highest BCUT2D eigenvalue weighted by Crippen LogP contribution is 2.46. The van der Waals surface area contributed by atoms with E-state index in [1.807, 2.05) is 0 Å². The minimum Gasteiger partial charge on any atom is -0.0712 e. The second-order valence-corrected chi connectivity index (χ2v) is 16.0. The molecule has 0 unspecified atom stereocenters. The monoisotopic (exact) mass is 510 g/mol. The minimum absolute atomic E-state index is 1.11. The van der Waals surface area contributed by atoms with Gasteiger partial charge in [0, 0.05) is 0 Å². The van der Waals surface area contributed by atoms with Crippen LogP contribution in [0.4, 0.5) is 0 Å². The Labute approximate surface area is 229 Å². The zero-order chi connectivity index (χ0) is 26.3. The summed E-state index contributed by atoms with van der Waals surface area (Å²) in [5.41, 5.74) is 14.2. The maximum Gasteiger partial charge on any atom is 0.106 e. The number of rotatable bonds is 7. The molecule has 2 aliphatic rings. The molecule has 0 fully saturated rings. The quantitative estimate of drug-likeness (QED) is 0.217. The molecule has 0 aromatic heterocycles. The summed E-state index contributed by atoms with van der Waals surface area (Å²) in [5.74, 6) is 0. The summed E-state index contributed by atoms with van der Waals surface area (Å²) in [5, 5.41) is 3.44. The lowest BCUT2D eigenvalue weighted by molar-refractivity contribution is 0.867. The number of hydrogen-bond donors (Lipinski definition) is 0. The Morgan fingerprint density at radius 1 is 0.579 bits per heavy atom. The van der Waals surface area contributed by atoms with Crippen molar-refractivity contribution in [3.8, 4) is 22.3 Å². The fourth-order valence-electron chi connectivity index (χ4n) is 6.72. The molecule has 2 aliphatic carbocycles. The van der Waals surface area contributed by atoms with Crippen LogP contribution in [-0.2, 0) is 12.8 Å². The average molecular weight is 511 g/mol. The summed E-state index contributed by atoms with van der Waals surface area (Å²) in [6, 6.07) is 32.9. The molecule has 0 N–H and O–H groups in total. The van der Waals surface area contributed by atoms with E-state index in [0.29, 0.717) is 0 Å². The molecule has 4 aromatic rings.